The van der Waals surface area contributed by atoms with Gasteiger partial charge in [0.25, 0.3) is 0 Å². The second-order valence-corrected chi connectivity index (χ2v) is 6.38. The molecule has 0 amide bonds. The minimum Gasteiger partial charge on any atom is -0.616 e. The zero-order valence-electron chi connectivity index (χ0n) is 9.94. The summed E-state index contributed by atoms with van der Waals surface area (Å²) in [5, 5.41) is 12.1. The molecule has 0 radical (unpaired) electrons. The first-order chi connectivity index (χ1) is 7.54. The van der Waals surface area contributed by atoms with E-state index in [9.17, 15) is 9.35 Å². The van der Waals surface area contributed by atoms with Crippen LogP contribution in [-0.2, 0) is 16.0 Å². The Hall–Kier alpha value is -0.260. The highest BCUT2D eigenvalue weighted by Crippen LogP contribution is 2.20. The summed E-state index contributed by atoms with van der Waals surface area (Å²) in [6, 6.07) is -0.313. The number of rotatable bonds is 8. The van der Waals surface area contributed by atoms with E-state index in [1.807, 2.05) is 13.8 Å². The Morgan fingerprint density at radius 3 is 2.69 bits per heavy atom. The van der Waals surface area contributed by atoms with E-state index in [4.69, 9.17) is 5.11 Å². The topological polar surface area (TPSA) is 72.4 Å². The van der Waals surface area contributed by atoms with Crippen molar-refractivity contribution in [2.24, 2.45) is 0 Å². The van der Waals surface area contributed by atoms with Gasteiger partial charge < -0.3 is 9.66 Å². The summed E-state index contributed by atoms with van der Waals surface area (Å²) in [7, 11) is 0. The average Bonchev–Trinajstić information content (AvgIpc) is 3.00. The van der Waals surface area contributed by atoms with E-state index in [1.54, 1.807) is 0 Å². The molecule has 0 aromatic heterocycles. The predicted molar refractivity (Wildman–Crippen MR) is 65.0 cm³/mol. The molecule has 3 atom stereocenters. The molecule has 1 aliphatic rings. The molecule has 5 heteroatoms. The molecule has 0 bridgehead atoms. The number of hydrogen-bond donors (Lipinski definition) is 2. The number of carboxylic acids is 1. The van der Waals surface area contributed by atoms with Crippen LogP contribution in [0.2, 0.25) is 0 Å². The summed E-state index contributed by atoms with van der Waals surface area (Å²) in [5.41, 5.74) is 0. The molecule has 0 spiro atoms. The fourth-order valence-corrected chi connectivity index (χ4v) is 2.99. The van der Waals surface area contributed by atoms with Crippen LogP contribution < -0.4 is 5.32 Å². The van der Waals surface area contributed by atoms with Gasteiger partial charge in [0.15, 0.2) is 6.04 Å². The zero-order chi connectivity index (χ0) is 12.1. The van der Waals surface area contributed by atoms with Gasteiger partial charge in [-0.2, -0.15) is 0 Å². The smallest absolute Gasteiger partial charge is 0.325 e. The van der Waals surface area contributed by atoms with E-state index < -0.39 is 23.2 Å². The Morgan fingerprint density at radius 2 is 2.25 bits per heavy atom. The van der Waals surface area contributed by atoms with Gasteiger partial charge in [0.05, 0.1) is 0 Å². The fourth-order valence-electron chi connectivity index (χ4n) is 1.59. The van der Waals surface area contributed by atoms with E-state index >= 15 is 0 Å². The molecule has 0 aliphatic heterocycles. The van der Waals surface area contributed by atoms with Crippen molar-refractivity contribution < 1.29 is 14.5 Å². The summed E-state index contributed by atoms with van der Waals surface area (Å²) in [4.78, 5) is 11.0. The first-order valence-electron chi connectivity index (χ1n) is 5.90. The van der Waals surface area contributed by atoms with Crippen molar-refractivity contribution in [3.8, 4) is 0 Å². The maximum Gasteiger partial charge on any atom is 0.325 e. The van der Waals surface area contributed by atoms with Gasteiger partial charge in [-0.15, -0.1) is 0 Å². The van der Waals surface area contributed by atoms with Gasteiger partial charge in [0.2, 0.25) is 0 Å². The summed E-state index contributed by atoms with van der Waals surface area (Å²) in [6.07, 6.45) is 3.96. The number of nitrogens with one attached hydrogen (secondary N) is 1. The van der Waals surface area contributed by atoms with Gasteiger partial charge >= 0.3 is 5.97 Å². The first kappa shape index (κ1) is 13.8. The van der Waals surface area contributed by atoms with Crippen molar-refractivity contribution in [1.82, 2.24) is 5.32 Å². The minimum absolute atomic E-state index is 0.0906. The Balaban J connectivity index is 2.36. The van der Waals surface area contributed by atoms with Crippen LogP contribution in [0.15, 0.2) is 0 Å². The lowest BCUT2D eigenvalue weighted by Crippen LogP contribution is -2.45. The molecule has 2 N–H and O–H groups in total. The molecule has 0 heterocycles. The van der Waals surface area contributed by atoms with Gasteiger partial charge in [0.1, 0.15) is 11.0 Å². The van der Waals surface area contributed by atoms with E-state index in [2.05, 4.69) is 5.32 Å². The van der Waals surface area contributed by atoms with Gasteiger partial charge in [-0.1, -0.05) is 13.3 Å². The van der Waals surface area contributed by atoms with Crippen LogP contribution in [0.5, 0.6) is 0 Å². The van der Waals surface area contributed by atoms with Gasteiger partial charge in [0, 0.05) is 6.04 Å². The molecule has 4 nitrogen and oxygen atoms in total. The second-order valence-electron chi connectivity index (χ2n) is 4.48. The van der Waals surface area contributed by atoms with Crippen molar-refractivity contribution in [1.29, 1.82) is 0 Å². The van der Waals surface area contributed by atoms with Gasteiger partial charge in [-0.05, 0) is 37.4 Å². The predicted octanol–water partition coefficient (Wildman–Crippen LogP) is 1.13. The summed E-state index contributed by atoms with van der Waals surface area (Å²) in [5.74, 6) is -0.656. The third-order valence-electron chi connectivity index (χ3n) is 2.79. The molecule has 16 heavy (non-hydrogen) atoms. The molecular formula is C11H21NO3S. The first-order valence-corrected chi connectivity index (χ1v) is 7.28. The molecule has 0 saturated heterocycles. The van der Waals surface area contributed by atoms with Gasteiger partial charge in [-0.25, -0.2) is 0 Å². The number of aliphatic carboxylic acids is 1. The summed E-state index contributed by atoms with van der Waals surface area (Å²) in [6.45, 7) is 3.97. The largest absolute Gasteiger partial charge is 0.616 e. The zero-order valence-corrected chi connectivity index (χ0v) is 10.8. The average molecular weight is 247 g/mol. The third-order valence-corrected chi connectivity index (χ3v) is 4.58. The molecule has 1 saturated carbocycles. The van der Waals surface area contributed by atoms with E-state index in [0.29, 0.717) is 6.04 Å². The fraction of sp³-hybridized carbons (Fsp3) is 0.909. The van der Waals surface area contributed by atoms with E-state index in [-0.39, 0.29) is 11.0 Å². The molecule has 0 aromatic carbocycles. The maximum atomic E-state index is 11.9. The lowest BCUT2D eigenvalue weighted by atomic mass is 10.3. The van der Waals surface area contributed by atoms with Crippen molar-refractivity contribution in [3.05, 3.63) is 0 Å². The van der Waals surface area contributed by atoms with Crippen molar-refractivity contribution in [2.45, 2.75) is 56.9 Å². The van der Waals surface area contributed by atoms with Crippen molar-refractivity contribution in [2.75, 3.05) is 5.75 Å². The molecule has 2 unspecified atom stereocenters. The Kier molecular flexibility index (Phi) is 5.58. The molecule has 0 aromatic rings. The standard InChI is InChI=1S/C11H21NO3S/c1-3-4-8(2)16(15)7-10(11(13)14)12-9-5-6-9/h8-10,12H,3-7H2,1-2H3,(H,13,14)/t8?,10-,16?/m0/s1. The molecule has 1 rings (SSSR count). The Bertz CT molecular complexity index is 233. The number of hydrogen-bond acceptors (Lipinski definition) is 3. The van der Waals surface area contributed by atoms with Gasteiger partial charge in [-0.3, -0.25) is 10.1 Å². The van der Waals surface area contributed by atoms with Crippen LogP contribution in [0.4, 0.5) is 0 Å². The summed E-state index contributed by atoms with van der Waals surface area (Å²) < 4.78 is 11.9. The maximum absolute atomic E-state index is 11.9. The molecule has 1 aliphatic carbocycles. The quantitative estimate of drug-likeness (QED) is 0.631. The van der Waals surface area contributed by atoms with Crippen molar-refractivity contribution >= 4 is 17.1 Å². The van der Waals surface area contributed by atoms with E-state index in [0.717, 1.165) is 25.7 Å². The molecule has 94 valence electrons. The summed E-state index contributed by atoms with van der Waals surface area (Å²) >= 11 is -1.05. The number of carbonyl (C=O) groups is 1. The van der Waals surface area contributed by atoms with Crippen LogP contribution in [0, 0.1) is 0 Å². The highest BCUT2D eigenvalue weighted by Gasteiger charge is 2.32. The lowest BCUT2D eigenvalue weighted by molar-refractivity contribution is -0.138. The van der Waals surface area contributed by atoms with Crippen molar-refractivity contribution in [3.63, 3.8) is 0 Å². The second kappa shape index (κ2) is 6.47. The Labute approximate surface area is 100.0 Å². The monoisotopic (exact) mass is 247 g/mol. The lowest BCUT2D eigenvalue weighted by Gasteiger charge is -2.21. The number of carboxylic acid groups (broad SMARTS) is 1. The van der Waals surface area contributed by atoms with E-state index in [1.165, 1.54) is 0 Å². The van der Waals surface area contributed by atoms with Crippen LogP contribution in [-0.4, -0.2) is 38.7 Å². The van der Waals surface area contributed by atoms with Crippen LogP contribution in [0.1, 0.15) is 39.5 Å². The minimum atomic E-state index is -1.05. The highest BCUT2D eigenvalue weighted by molar-refractivity contribution is 7.92. The normalized spacial score (nSPS) is 21.4. The van der Waals surface area contributed by atoms with Crippen LogP contribution in [0.25, 0.3) is 0 Å². The molecular weight excluding hydrogens is 226 g/mol. The van der Waals surface area contributed by atoms with Crippen LogP contribution in [0.3, 0.4) is 0 Å². The Morgan fingerprint density at radius 1 is 1.62 bits per heavy atom. The highest BCUT2D eigenvalue weighted by atomic mass is 32.2. The SMILES string of the molecule is CCCC(C)[S+]([O-])C[C@H](NC1CC1)C(=O)O. The van der Waals surface area contributed by atoms with Crippen LogP contribution >= 0.6 is 0 Å². The third kappa shape index (κ3) is 4.72. The molecule has 1 fully saturated rings.